The molecule has 0 aliphatic rings. The lowest BCUT2D eigenvalue weighted by molar-refractivity contribution is 0.405. The molecular formula is C16H39O3P. The van der Waals surface area contributed by atoms with Crippen LogP contribution in [0.2, 0.25) is 0 Å². The van der Waals surface area contributed by atoms with Crippen LogP contribution in [0.15, 0.2) is 0 Å². The van der Waals surface area contributed by atoms with E-state index in [1.165, 1.54) is 51.4 Å². The smallest absolute Gasteiger partial charge is 0.314 e. The average Bonchev–Trinajstić information content (AvgIpc) is 2.42. The highest BCUT2D eigenvalue weighted by Gasteiger charge is 1.95. The van der Waals surface area contributed by atoms with E-state index in [0.717, 1.165) is 11.8 Å². The van der Waals surface area contributed by atoms with E-state index >= 15 is 0 Å². The highest BCUT2D eigenvalue weighted by atomic mass is 31.1. The van der Waals surface area contributed by atoms with Gasteiger partial charge in [-0.3, -0.25) is 4.57 Å². The Morgan fingerprint density at radius 1 is 0.800 bits per heavy atom. The molecule has 3 nitrogen and oxygen atoms in total. The van der Waals surface area contributed by atoms with Crippen LogP contribution in [-0.4, -0.2) is 9.79 Å². The van der Waals surface area contributed by atoms with Crippen molar-refractivity contribution < 1.29 is 14.4 Å². The minimum absolute atomic E-state index is 0.954. The third kappa shape index (κ3) is 36.2. The van der Waals surface area contributed by atoms with E-state index in [1.54, 1.807) is 0 Å². The van der Waals surface area contributed by atoms with Crippen molar-refractivity contribution in [3.63, 3.8) is 0 Å². The molecule has 0 saturated carbocycles. The zero-order valence-corrected chi connectivity index (χ0v) is 15.6. The third-order valence-electron chi connectivity index (χ3n) is 3.49. The highest BCUT2D eigenvalue weighted by Crippen LogP contribution is 2.10. The van der Waals surface area contributed by atoms with Gasteiger partial charge in [0.1, 0.15) is 0 Å². The Labute approximate surface area is 128 Å². The number of unbranched alkanes of at least 4 members (excludes halogenated alkanes) is 2. The Balaban J connectivity index is -0.000000230. The van der Waals surface area contributed by atoms with E-state index in [-0.39, 0.29) is 0 Å². The topological polar surface area (TPSA) is 57.5 Å². The molecule has 0 rings (SSSR count). The zero-order valence-electron chi connectivity index (χ0n) is 14.6. The van der Waals surface area contributed by atoms with Gasteiger partial charge in [-0.1, -0.05) is 92.9 Å². The Kier molecular flexibility index (Phi) is 26.9. The second-order valence-corrected chi connectivity index (χ2v) is 6.16. The molecule has 0 aliphatic carbocycles. The molecule has 0 bridgehead atoms. The van der Waals surface area contributed by atoms with E-state index < -0.39 is 8.25 Å². The average molecular weight is 310 g/mol. The predicted molar refractivity (Wildman–Crippen MR) is 91.4 cm³/mol. The van der Waals surface area contributed by atoms with Gasteiger partial charge in [0.05, 0.1) is 0 Å². The molecule has 2 atom stereocenters. The number of hydrogen-bond donors (Lipinski definition) is 2. The monoisotopic (exact) mass is 310 g/mol. The fraction of sp³-hybridized carbons (Fsp3) is 1.00. The van der Waals surface area contributed by atoms with Crippen molar-refractivity contribution in [2.75, 3.05) is 0 Å². The lowest BCUT2D eigenvalue weighted by Gasteiger charge is -2.04. The molecule has 0 aliphatic heterocycles. The molecule has 20 heavy (non-hydrogen) atoms. The molecule has 126 valence electrons. The lowest BCUT2D eigenvalue weighted by atomic mass is 10.0. The van der Waals surface area contributed by atoms with Gasteiger partial charge in [-0.15, -0.1) is 0 Å². The fourth-order valence-corrected chi connectivity index (χ4v) is 1.51. The third-order valence-corrected chi connectivity index (χ3v) is 3.49. The summed E-state index contributed by atoms with van der Waals surface area (Å²) in [5, 5.41) is 0. The fourth-order valence-electron chi connectivity index (χ4n) is 1.51. The highest BCUT2D eigenvalue weighted by molar-refractivity contribution is 7.30. The SMILES string of the molecule is CCCCC(C)CC.CCCCC(C)CC.O=[PH](O)O. The molecule has 2 N–H and O–H groups in total. The standard InChI is InChI=1S/2C8H18.H3O3P/c2*1-4-6-7-8(3)5-2;1-4(2)3/h2*8H,4-7H2,1-3H3;4H,(H2,1,2,3). The molecule has 0 aromatic carbocycles. The zero-order chi connectivity index (χ0) is 16.4. The van der Waals surface area contributed by atoms with Crippen LogP contribution in [-0.2, 0) is 4.57 Å². The molecule has 0 saturated heterocycles. The Morgan fingerprint density at radius 2 is 1.05 bits per heavy atom. The van der Waals surface area contributed by atoms with Crippen LogP contribution < -0.4 is 0 Å². The van der Waals surface area contributed by atoms with E-state index in [4.69, 9.17) is 14.4 Å². The second kappa shape index (κ2) is 21.4. The first kappa shape index (κ1) is 25.1. The van der Waals surface area contributed by atoms with Crippen LogP contribution in [0.1, 0.15) is 92.9 Å². The molecular weight excluding hydrogens is 271 g/mol. The quantitative estimate of drug-likeness (QED) is 0.556. The van der Waals surface area contributed by atoms with Crippen molar-refractivity contribution in [2.24, 2.45) is 11.8 Å². The molecule has 0 aromatic heterocycles. The first-order valence-electron chi connectivity index (χ1n) is 8.27. The Hall–Kier alpha value is 0.150. The van der Waals surface area contributed by atoms with Gasteiger partial charge in [0.15, 0.2) is 0 Å². The van der Waals surface area contributed by atoms with E-state index in [1.807, 2.05) is 0 Å². The molecule has 0 aromatic rings. The van der Waals surface area contributed by atoms with Crippen molar-refractivity contribution in [3.8, 4) is 0 Å². The van der Waals surface area contributed by atoms with Gasteiger partial charge in [-0.2, -0.15) is 0 Å². The van der Waals surface area contributed by atoms with Crippen LogP contribution in [0.4, 0.5) is 0 Å². The van der Waals surface area contributed by atoms with Gasteiger partial charge >= 0.3 is 8.25 Å². The predicted octanol–water partition coefficient (Wildman–Crippen LogP) is 5.81. The summed E-state index contributed by atoms with van der Waals surface area (Å²) in [5.41, 5.74) is 0. The summed E-state index contributed by atoms with van der Waals surface area (Å²) in [4.78, 5) is 14.3. The largest absolute Gasteiger partial charge is 0.326 e. The van der Waals surface area contributed by atoms with Crippen molar-refractivity contribution >= 4 is 8.25 Å². The molecule has 0 heterocycles. The van der Waals surface area contributed by atoms with Crippen LogP contribution in [0.25, 0.3) is 0 Å². The second-order valence-electron chi connectivity index (χ2n) is 5.59. The van der Waals surface area contributed by atoms with Crippen molar-refractivity contribution in [3.05, 3.63) is 0 Å². The Bertz CT molecular complexity index is 169. The number of rotatable bonds is 8. The normalized spacial score (nSPS) is 12.8. The maximum atomic E-state index is 8.74. The number of hydrogen-bond acceptors (Lipinski definition) is 1. The van der Waals surface area contributed by atoms with Crippen molar-refractivity contribution in [1.29, 1.82) is 0 Å². The van der Waals surface area contributed by atoms with E-state index in [2.05, 4.69) is 41.5 Å². The first-order valence-corrected chi connectivity index (χ1v) is 9.57. The van der Waals surface area contributed by atoms with Crippen LogP contribution in [0, 0.1) is 11.8 Å². The minimum Gasteiger partial charge on any atom is -0.326 e. The summed E-state index contributed by atoms with van der Waals surface area (Å²) >= 11 is 0. The van der Waals surface area contributed by atoms with E-state index in [9.17, 15) is 0 Å². The van der Waals surface area contributed by atoms with Gasteiger partial charge < -0.3 is 9.79 Å². The molecule has 4 heteroatoms. The maximum absolute atomic E-state index is 8.74. The van der Waals surface area contributed by atoms with Crippen molar-refractivity contribution in [1.82, 2.24) is 0 Å². The molecule has 2 unspecified atom stereocenters. The molecule has 0 radical (unpaired) electrons. The van der Waals surface area contributed by atoms with Gasteiger partial charge in [0, 0.05) is 0 Å². The summed E-state index contributed by atoms with van der Waals surface area (Å²) < 4.78 is 8.74. The summed E-state index contributed by atoms with van der Waals surface area (Å²) in [6.07, 6.45) is 11.1. The van der Waals surface area contributed by atoms with Crippen LogP contribution in [0.5, 0.6) is 0 Å². The molecule has 0 fully saturated rings. The minimum atomic E-state index is -3.13. The summed E-state index contributed by atoms with van der Waals surface area (Å²) in [7, 11) is -3.13. The van der Waals surface area contributed by atoms with Gasteiger partial charge in [0.25, 0.3) is 0 Å². The molecule has 0 amide bonds. The van der Waals surface area contributed by atoms with Gasteiger partial charge in [-0.05, 0) is 11.8 Å². The van der Waals surface area contributed by atoms with Crippen LogP contribution in [0.3, 0.4) is 0 Å². The first-order chi connectivity index (χ1) is 9.35. The summed E-state index contributed by atoms with van der Waals surface area (Å²) in [6, 6.07) is 0. The Morgan fingerprint density at radius 3 is 1.20 bits per heavy atom. The van der Waals surface area contributed by atoms with Gasteiger partial charge in [-0.25, -0.2) is 0 Å². The van der Waals surface area contributed by atoms with Gasteiger partial charge in [0.2, 0.25) is 0 Å². The lowest BCUT2D eigenvalue weighted by Crippen LogP contribution is -1.89. The summed E-state index contributed by atoms with van der Waals surface area (Å²) in [5.74, 6) is 1.91. The maximum Gasteiger partial charge on any atom is 0.314 e. The molecule has 0 spiro atoms. The van der Waals surface area contributed by atoms with E-state index in [0.29, 0.717) is 0 Å². The van der Waals surface area contributed by atoms with Crippen LogP contribution >= 0.6 is 8.25 Å². The summed E-state index contributed by atoms with van der Waals surface area (Å²) in [6.45, 7) is 13.7. The van der Waals surface area contributed by atoms with Crippen molar-refractivity contribution in [2.45, 2.75) is 92.9 Å².